The van der Waals surface area contributed by atoms with Crippen LogP contribution in [-0.2, 0) is 16.1 Å². The zero-order valence-electron chi connectivity index (χ0n) is 10.5. The Morgan fingerprint density at radius 1 is 1.22 bits per heavy atom. The van der Waals surface area contributed by atoms with Crippen molar-refractivity contribution in [3.05, 3.63) is 17.7 Å². The van der Waals surface area contributed by atoms with Crippen molar-refractivity contribution < 1.29 is 23.8 Å². The molecule has 1 aliphatic heterocycles. The number of hydroxylamine groups is 1. The van der Waals surface area contributed by atoms with Crippen LogP contribution in [0.25, 0.3) is 0 Å². The highest BCUT2D eigenvalue weighted by atomic mass is 16.7. The fourth-order valence-electron chi connectivity index (χ4n) is 1.62. The Balaban J connectivity index is 1.93. The first-order valence-electron chi connectivity index (χ1n) is 5.65. The second-order valence-electron chi connectivity index (χ2n) is 3.69. The highest BCUT2D eigenvalue weighted by Gasteiger charge is 2.19. The molecule has 0 radical (unpaired) electrons. The van der Waals surface area contributed by atoms with Crippen LogP contribution in [-0.4, -0.2) is 34.2 Å². The van der Waals surface area contributed by atoms with E-state index < -0.39 is 0 Å². The van der Waals surface area contributed by atoms with Crippen molar-refractivity contribution in [2.45, 2.75) is 6.54 Å². The molecule has 6 heteroatoms. The monoisotopic (exact) mass is 255 g/mol. The Bertz CT molecular complexity index is 396. The molecular weight excluding hydrogens is 238 g/mol. The lowest BCUT2D eigenvalue weighted by Crippen LogP contribution is -2.17. The quantitative estimate of drug-likeness (QED) is 0.581. The molecule has 100 valence electrons. The average Bonchev–Trinajstić information content (AvgIpc) is 2.85. The fourth-order valence-corrected chi connectivity index (χ4v) is 1.62. The van der Waals surface area contributed by atoms with E-state index in [1.165, 1.54) is 0 Å². The van der Waals surface area contributed by atoms with E-state index in [0.717, 1.165) is 5.56 Å². The number of ether oxygens (including phenoxy) is 4. The molecule has 0 aromatic heterocycles. The van der Waals surface area contributed by atoms with Gasteiger partial charge >= 0.3 is 0 Å². The van der Waals surface area contributed by atoms with Gasteiger partial charge in [0.05, 0.1) is 20.3 Å². The van der Waals surface area contributed by atoms with Crippen molar-refractivity contribution in [2.75, 3.05) is 34.2 Å². The Kier molecular flexibility index (Phi) is 4.63. The molecule has 6 nitrogen and oxygen atoms in total. The van der Waals surface area contributed by atoms with Crippen LogP contribution in [0.2, 0.25) is 0 Å². The molecule has 0 spiro atoms. The number of hydrogen-bond donors (Lipinski definition) is 1. The van der Waals surface area contributed by atoms with Gasteiger partial charge in [0.2, 0.25) is 12.5 Å². The molecule has 1 heterocycles. The third kappa shape index (κ3) is 3.04. The first kappa shape index (κ1) is 12.9. The summed E-state index contributed by atoms with van der Waals surface area (Å²) in [5.74, 6) is 2.02. The van der Waals surface area contributed by atoms with Crippen LogP contribution in [0.4, 0.5) is 0 Å². The molecule has 0 amide bonds. The fraction of sp³-hybridized carbons (Fsp3) is 0.500. The zero-order valence-corrected chi connectivity index (χ0v) is 10.5. The molecule has 0 saturated heterocycles. The maximum absolute atomic E-state index is 5.34. The second kappa shape index (κ2) is 6.44. The number of hydrogen-bond acceptors (Lipinski definition) is 6. The van der Waals surface area contributed by atoms with Crippen molar-refractivity contribution in [1.82, 2.24) is 5.48 Å². The number of fused-ring (bicyclic) bond motifs is 1. The van der Waals surface area contributed by atoms with Crippen molar-refractivity contribution in [3.8, 4) is 17.2 Å². The molecule has 0 saturated carbocycles. The Hall–Kier alpha value is -1.50. The molecule has 0 atom stereocenters. The van der Waals surface area contributed by atoms with Crippen LogP contribution in [0, 0.1) is 0 Å². The van der Waals surface area contributed by atoms with E-state index in [1.54, 1.807) is 14.2 Å². The van der Waals surface area contributed by atoms with Gasteiger partial charge in [-0.25, -0.2) is 0 Å². The third-order valence-corrected chi connectivity index (χ3v) is 2.49. The molecule has 1 aliphatic rings. The first-order chi connectivity index (χ1) is 8.85. The molecule has 0 fully saturated rings. The molecule has 1 aromatic rings. The highest BCUT2D eigenvalue weighted by molar-refractivity contribution is 5.55. The standard InChI is InChI=1S/C12H17NO5/c1-14-3-4-18-13-7-9-5-10(15-2)12-11(6-9)16-8-17-12/h5-6,13H,3-4,7-8H2,1-2H3. The molecule has 18 heavy (non-hydrogen) atoms. The third-order valence-electron chi connectivity index (χ3n) is 2.49. The molecule has 2 rings (SSSR count). The van der Waals surface area contributed by atoms with Gasteiger partial charge in [-0.3, -0.25) is 4.84 Å². The minimum atomic E-state index is 0.229. The molecule has 1 aromatic carbocycles. The van der Waals surface area contributed by atoms with Crippen molar-refractivity contribution in [2.24, 2.45) is 0 Å². The zero-order chi connectivity index (χ0) is 12.8. The summed E-state index contributed by atoms with van der Waals surface area (Å²) >= 11 is 0. The summed E-state index contributed by atoms with van der Waals surface area (Å²) in [4.78, 5) is 5.18. The van der Waals surface area contributed by atoms with E-state index in [4.69, 9.17) is 23.8 Å². The van der Waals surface area contributed by atoms with Crippen molar-refractivity contribution >= 4 is 0 Å². The van der Waals surface area contributed by atoms with Crippen LogP contribution in [0.1, 0.15) is 5.56 Å². The van der Waals surface area contributed by atoms with Gasteiger partial charge in [0.1, 0.15) is 0 Å². The van der Waals surface area contributed by atoms with Gasteiger partial charge in [-0.05, 0) is 17.7 Å². The van der Waals surface area contributed by atoms with Crippen molar-refractivity contribution in [1.29, 1.82) is 0 Å². The Labute approximate surface area is 106 Å². The summed E-state index contributed by atoms with van der Waals surface area (Å²) in [6.07, 6.45) is 0. The van der Waals surface area contributed by atoms with Gasteiger partial charge in [-0.1, -0.05) is 0 Å². The van der Waals surface area contributed by atoms with E-state index in [-0.39, 0.29) is 6.79 Å². The molecule has 0 aliphatic carbocycles. The predicted octanol–water partition coefficient (Wildman–Crippen LogP) is 1.09. The second-order valence-corrected chi connectivity index (χ2v) is 3.69. The smallest absolute Gasteiger partial charge is 0.231 e. The summed E-state index contributed by atoms with van der Waals surface area (Å²) in [7, 11) is 3.23. The summed E-state index contributed by atoms with van der Waals surface area (Å²) in [6, 6.07) is 3.79. The number of rotatable bonds is 7. The van der Waals surface area contributed by atoms with E-state index in [0.29, 0.717) is 37.0 Å². The molecule has 1 N–H and O–H groups in total. The van der Waals surface area contributed by atoms with Crippen LogP contribution in [0.15, 0.2) is 12.1 Å². The Morgan fingerprint density at radius 3 is 2.89 bits per heavy atom. The molecular formula is C12H17NO5. The lowest BCUT2D eigenvalue weighted by Gasteiger charge is -2.09. The lowest BCUT2D eigenvalue weighted by atomic mass is 10.2. The maximum atomic E-state index is 5.34. The lowest BCUT2D eigenvalue weighted by molar-refractivity contribution is 0.00343. The molecule has 0 bridgehead atoms. The summed E-state index contributed by atoms with van der Waals surface area (Å²) in [5, 5.41) is 0. The minimum Gasteiger partial charge on any atom is -0.493 e. The van der Waals surface area contributed by atoms with Crippen molar-refractivity contribution in [3.63, 3.8) is 0 Å². The highest BCUT2D eigenvalue weighted by Crippen LogP contribution is 2.41. The van der Waals surface area contributed by atoms with Gasteiger partial charge in [0.25, 0.3) is 0 Å². The van der Waals surface area contributed by atoms with Gasteiger partial charge in [0.15, 0.2) is 11.5 Å². The first-order valence-corrected chi connectivity index (χ1v) is 5.65. The number of methoxy groups -OCH3 is 2. The maximum Gasteiger partial charge on any atom is 0.231 e. The normalized spacial score (nSPS) is 12.8. The van der Waals surface area contributed by atoms with Gasteiger partial charge < -0.3 is 18.9 Å². The van der Waals surface area contributed by atoms with Crippen LogP contribution in [0.5, 0.6) is 17.2 Å². The van der Waals surface area contributed by atoms with E-state index in [1.807, 2.05) is 12.1 Å². The number of benzene rings is 1. The minimum absolute atomic E-state index is 0.229. The van der Waals surface area contributed by atoms with Gasteiger partial charge in [-0.15, -0.1) is 0 Å². The predicted molar refractivity (Wildman–Crippen MR) is 63.8 cm³/mol. The SMILES string of the molecule is COCCONCc1cc(OC)c2c(c1)OCO2. The van der Waals surface area contributed by atoms with Crippen LogP contribution in [0.3, 0.4) is 0 Å². The van der Waals surface area contributed by atoms with E-state index in [9.17, 15) is 0 Å². The summed E-state index contributed by atoms with van der Waals surface area (Å²) in [5.41, 5.74) is 3.84. The van der Waals surface area contributed by atoms with Crippen LogP contribution >= 0.6 is 0 Å². The van der Waals surface area contributed by atoms with Crippen LogP contribution < -0.4 is 19.7 Å². The summed E-state index contributed by atoms with van der Waals surface area (Å²) in [6.45, 7) is 1.83. The molecule has 0 unspecified atom stereocenters. The van der Waals surface area contributed by atoms with Gasteiger partial charge in [-0.2, -0.15) is 5.48 Å². The van der Waals surface area contributed by atoms with E-state index >= 15 is 0 Å². The Morgan fingerprint density at radius 2 is 2.11 bits per heavy atom. The average molecular weight is 255 g/mol. The van der Waals surface area contributed by atoms with Gasteiger partial charge in [0, 0.05) is 13.7 Å². The number of nitrogens with one attached hydrogen (secondary N) is 1. The topological polar surface area (TPSA) is 58.2 Å². The largest absolute Gasteiger partial charge is 0.493 e. The van der Waals surface area contributed by atoms with E-state index in [2.05, 4.69) is 5.48 Å². The summed E-state index contributed by atoms with van der Waals surface area (Å²) < 4.78 is 20.8.